The van der Waals surface area contributed by atoms with Gasteiger partial charge in [-0.05, 0) is 36.1 Å². The van der Waals surface area contributed by atoms with Crippen molar-refractivity contribution in [2.75, 3.05) is 11.9 Å². The number of pyridine rings is 1. The quantitative estimate of drug-likeness (QED) is 0.745. The number of amides is 1. The number of para-hydroxylation sites is 2. The first-order valence-corrected chi connectivity index (χ1v) is 9.45. The Morgan fingerprint density at radius 3 is 2.70 bits per heavy atom. The van der Waals surface area contributed by atoms with Crippen molar-refractivity contribution >= 4 is 22.5 Å². The molecule has 0 fully saturated rings. The average Bonchev–Trinajstić information content (AvgIpc) is 2.86. The van der Waals surface area contributed by atoms with Gasteiger partial charge in [0.25, 0.3) is 11.5 Å². The van der Waals surface area contributed by atoms with E-state index in [1.165, 1.54) is 0 Å². The molecule has 3 aromatic rings. The van der Waals surface area contributed by atoms with E-state index in [9.17, 15) is 9.59 Å². The minimum Gasteiger partial charge on any atom is -0.376 e. The first kappa shape index (κ1) is 17.3. The van der Waals surface area contributed by atoms with Gasteiger partial charge >= 0.3 is 0 Å². The van der Waals surface area contributed by atoms with Crippen LogP contribution in [0.3, 0.4) is 0 Å². The fourth-order valence-electron chi connectivity index (χ4n) is 3.66. The number of aryl methyl sites for hydroxylation is 1. The summed E-state index contributed by atoms with van der Waals surface area (Å²) < 4.78 is 1.87. The average molecular weight is 361 g/mol. The molecule has 0 spiro atoms. The van der Waals surface area contributed by atoms with E-state index in [0.717, 1.165) is 29.4 Å². The molecule has 138 valence electrons. The van der Waals surface area contributed by atoms with Crippen LogP contribution in [0.15, 0.2) is 59.4 Å². The topological polar surface area (TPSA) is 63.1 Å². The molecule has 1 aromatic heterocycles. The Kier molecular flexibility index (Phi) is 4.67. The third-order valence-electron chi connectivity index (χ3n) is 5.11. The second-order valence-electron chi connectivity index (χ2n) is 6.92. The number of anilines is 1. The molecule has 0 bridgehead atoms. The zero-order valence-corrected chi connectivity index (χ0v) is 15.4. The molecule has 4 rings (SSSR count). The minimum atomic E-state index is -0.275. The third-order valence-corrected chi connectivity index (χ3v) is 5.11. The lowest BCUT2D eigenvalue weighted by molar-refractivity contribution is 0.0955. The monoisotopic (exact) mass is 361 g/mol. The van der Waals surface area contributed by atoms with E-state index in [0.29, 0.717) is 24.2 Å². The molecule has 1 amide bonds. The highest BCUT2D eigenvalue weighted by Crippen LogP contribution is 2.25. The number of benzene rings is 2. The van der Waals surface area contributed by atoms with E-state index in [1.54, 1.807) is 6.07 Å². The van der Waals surface area contributed by atoms with Gasteiger partial charge in [0.1, 0.15) is 0 Å². The van der Waals surface area contributed by atoms with Crippen molar-refractivity contribution in [2.24, 2.45) is 0 Å². The van der Waals surface area contributed by atoms with Crippen molar-refractivity contribution < 1.29 is 4.79 Å². The number of nitrogens with one attached hydrogen (secondary N) is 2. The summed E-state index contributed by atoms with van der Waals surface area (Å²) in [4.78, 5) is 25.7. The molecule has 1 unspecified atom stereocenters. The Morgan fingerprint density at radius 2 is 1.85 bits per heavy atom. The fourth-order valence-corrected chi connectivity index (χ4v) is 3.66. The van der Waals surface area contributed by atoms with Gasteiger partial charge in [0.05, 0.1) is 17.1 Å². The molecule has 1 aliphatic heterocycles. The first-order chi connectivity index (χ1) is 13.2. The summed E-state index contributed by atoms with van der Waals surface area (Å²) in [5, 5.41) is 7.37. The van der Waals surface area contributed by atoms with E-state index in [1.807, 2.05) is 53.1 Å². The van der Waals surface area contributed by atoms with Gasteiger partial charge in [-0.15, -0.1) is 0 Å². The molecule has 1 atom stereocenters. The van der Waals surface area contributed by atoms with Crippen LogP contribution in [-0.2, 0) is 6.54 Å². The second-order valence-corrected chi connectivity index (χ2v) is 6.92. The summed E-state index contributed by atoms with van der Waals surface area (Å²) >= 11 is 0. The molecule has 0 aliphatic carbocycles. The van der Waals surface area contributed by atoms with E-state index < -0.39 is 0 Å². The normalized spacial score (nSPS) is 16.3. The SMILES string of the molecule is CCCCn1c(=O)c(C2CNC(=O)c3ccccc3N2)cc2ccccc21. The summed E-state index contributed by atoms with van der Waals surface area (Å²) in [6, 6.07) is 17.1. The largest absolute Gasteiger partial charge is 0.376 e. The Balaban J connectivity index is 1.83. The summed E-state index contributed by atoms with van der Waals surface area (Å²) in [6.07, 6.45) is 1.97. The minimum absolute atomic E-state index is 0.00767. The van der Waals surface area contributed by atoms with E-state index in [-0.39, 0.29) is 17.5 Å². The maximum Gasteiger partial charge on any atom is 0.256 e. The van der Waals surface area contributed by atoms with Crippen molar-refractivity contribution in [1.82, 2.24) is 9.88 Å². The van der Waals surface area contributed by atoms with Crippen LogP contribution in [0.5, 0.6) is 0 Å². The number of rotatable bonds is 4. The maximum absolute atomic E-state index is 13.3. The number of hydrogen-bond donors (Lipinski definition) is 2. The molecule has 5 heteroatoms. The fraction of sp³-hybridized carbons (Fsp3) is 0.273. The maximum atomic E-state index is 13.3. The van der Waals surface area contributed by atoms with Gasteiger partial charge in [-0.3, -0.25) is 9.59 Å². The summed E-state index contributed by atoms with van der Waals surface area (Å²) in [5.74, 6) is -0.118. The van der Waals surface area contributed by atoms with Crippen LogP contribution in [0, 0.1) is 0 Å². The van der Waals surface area contributed by atoms with Crippen molar-refractivity contribution in [3.05, 3.63) is 76.1 Å². The molecular weight excluding hydrogens is 338 g/mol. The smallest absolute Gasteiger partial charge is 0.256 e. The van der Waals surface area contributed by atoms with Crippen LogP contribution >= 0.6 is 0 Å². The lowest BCUT2D eigenvalue weighted by atomic mass is 10.0. The molecular formula is C22H23N3O2. The lowest BCUT2D eigenvalue weighted by Gasteiger charge is -2.20. The van der Waals surface area contributed by atoms with E-state index in [2.05, 4.69) is 17.6 Å². The third kappa shape index (κ3) is 3.21. The van der Waals surface area contributed by atoms with Crippen molar-refractivity contribution in [2.45, 2.75) is 32.4 Å². The molecule has 0 saturated carbocycles. The van der Waals surface area contributed by atoms with Crippen molar-refractivity contribution in [3.8, 4) is 0 Å². The van der Waals surface area contributed by atoms with Crippen LogP contribution in [0.4, 0.5) is 5.69 Å². The number of aromatic nitrogens is 1. The van der Waals surface area contributed by atoms with Crippen molar-refractivity contribution in [3.63, 3.8) is 0 Å². The predicted molar refractivity (Wildman–Crippen MR) is 108 cm³/mol. The first-order valence-electron chi connectivity index (χ1n) is 9.45. The van der Waals surface area contributed by atoms with Crippen LogP contribution in [0.2, 0.25) is 0 Å². The van der Waals surface area contributed by atoms with Crippen LogP contribution in [0.1, 0.15) is 41.7 Å². The zero-order valence-electron chi connectivity index (χ0n) is 15.4. The molecule has 2 aromatic carbocycles. The number of nitrogens with zero attached hydrogens (tertiary/aromatic N) is 1. The Hall–Kier alpha value is -3.08. The van der Waals surface area contributed by atoms with Crippen LogP contribution in [-0.4, -0.2) is 17.0 Å². The standard InChI is InChI=1S/C22H23N3O2/c1-2-3-12-25-20-11-7-4-8-15(20)13-17(22(25)27)19-14-23-21(26)16-9-5-6-10-18(16)24-19/h4-11,13,19,24H,2-3,12,14H2,1H3,(H,23,26). The predicted octanol–water partition coefficient (Wildman–Crippen LogP) is 3.70. The van der Waals surface area contributed by atoms with Gasteiger partial charge in [0.2, 0.25) is 0 Å². The number of carbonyl (C=O) groups is 1. The Bertz CT molecular complexity index is 1050. The van der Waals surface area contributed by atoms with Gasteiger partial charge in [-0.1, -0.05) is 43.7 Å². The second kappa shape index (κ2) is 7.27. The van der Waals surface area contributed by atoms with E-state index >= 15 is 0 Å². The number of unbranched alkanes of at least 4 members (excludes halogenated alkanes) is 1. The molecule has 1 aliphatic rings. The highest BCUT2D eigenvalue weighted by Gasteiger charge is 2.24. The Labute approximate surface area is 158 Å². The van der Waals surface area contributed by atoms with Gasteiger partial charge in [-0.2, -0.15) is 0 Å². The number of fused-ring (bicyclic) bond motifs is 2. The number of carbonyl (C=O) groups excluding carboxylic acids is 1. The van der Waals surface area contributed by atoms with E-state index in [4.69, 9.17) is 0 Å². The zero-order chi connectivity index (χ0) is 18.8. The van der Waals surface area contributed by atoms with Gasteiger partial charge in [-0.25, -0.2) is 0 Å². The molecule has 27 heavy (non-hydrogen) atoms. The van der Waals surface area contributed by atoms with Crippen molar-refractivity contribution in [1.29, 1.82) is 0 Å². The summed E-state index contributed by atoms with van der Waals surface area (Å²) in [5.41, 5.74) is 3.00. The molecule has 0 radical (unpaired) electrons. The van der Waals surface area contributed by atoms with Crippen LogP contribution < -0.4 is 16.2 Å². The highest BCUT2D eigenvalue weighted by atomic mass is 16.1. The molecule has 5 nitrogen and oxygen atoms in total. The molecule has 2 heterocycles. The lowest BCUT2D eigenvalue weighted by Crippen LogP contribution is -2.33. The highest BCUT2D eigenvalue weighted by molar-refractivity contribution is 6.00. The number of hydrogen-bond acceptors (Lipinski definition) is 3. The van der Waals surface area contributed by atoms with Gasteiger partial charge in [0, 0.05) is 24.3 Å². The summed E-state index contributed by atoms with van der Waals surface area (Å²) in [7, 11) is 0. The van der Waals surface area contributed by atoms with Gasteiger partial charge in [0.15, 0.2) is 0 Å². The molecule has 2 N–H and O–H groups in total. The summed E-state index contributed by atoms with van der Waals surface area (Å²) in [6.45, 7) is 3.19. The van der Waals surface area contributed by atoms with Crippen LogP contribution in [0.25, 0.3) is 10.9 Å². The molecule has 0 saturated heterocycles. The Morgan fingerprint density at radius 1 is 1.07 bits per heavy atom. The van der Waals surface area contributed by atoms with Gasteiger partial charge < -0.3 is 15.2 Å².